The zero-order valence-corrected chi connectivity index (χ0v) is 11.4. The molecule has 0 N–H and O–H groups in total. The fourth-order valence-corrected chi connectivity index (χ4v) is 2.23. The monoisotopic (exact) mass is 332 g/mol. The Kier molecular flexibility index (Phi) is 3.11. The van der Waals surface area contributed by atoms with E-state index in [4.69, 9.17) is 11.6 Å². The molecule has 2 rings (SSSR count). The minimum atomic E-state index is 0.436. The summed E-state index contributed by atoms with van der Waals surface area (Å²) in [7, 11) is 0. The molecule has 0 aliphatic heterocycles. The molecule has 0 aliphatic rings. The number of hydrogen-bond donors (Lipinski definition) is 0. The number of hydrogen-bond acceptors (Lipinski definition) is 2. The molecule has 1 aromatic carbocycles. The Balaban J connectivity index is 2.88. The first kappa shape index (κ1) is 11.1. The molecule has 78 valence electrons. The standard InChI is InChI=1S/C11H10ClIN2/c1-6(2)7-4-3-5-8-9(7)10(12)11(13)15-14-8/h3-6H,1-2H3. The molecule has 0 unspecified atom stereocenters. The van der Waals surface area contributed by atoms with Gasteiger partial charge >= 0.3 is 0 Å². The number of aromatic nitrogens is 2. The first-order valence-corrected chi connectivity index (χ1v) is 6.17. The number of nitrogens with zero attached hydrogens (tertiary/aromatic N) is 2. The number of benzene rings is 1. The predicted molar refractivity (Wildman–Crippen MR) is 71.4 cm³/mol. The van der Waals surface area contributed by atoms with Gasteiger partial charge < -0.3 is 0 Å². The van der Waals surface area contributed by atoms with Gasteiger partial charge in [-0.05, 0) is 40.1 Å². The van der Waals surface area contributed by atoms with Gasteiger partial charge in [0, 0.05) is 5.39 Å². The molecule has 2 nitrogen and oxygen atoms in total. The Bertz CT molecular complexity index is 511. The zero-order valence-electron chi connectivity index (χ0n) is 8.46. The summed E-state index contributed by atoms with van der Waals surface area (Å²) in [5.74, 6) is 0.436. The van der Waals surface area contributed by atoms with Gasteiger partial charge in [0.2, 0.25) is 0 Å². The summed E-state index contributed by atoms with van der Waals surface area (Å²) >= 11 is 8.37. The van der Waals surface area contributed by atoms with Gasteiger partial charge in [-0.25, -0.2) is 0 Å². The Morgan fingerprint density at radius 1 is 1.27 bits per heavy atom. The molecule has 0 amide bonds. The van der Waals surface area contributed by atoms with Crippen molar-refractivity contribution in [1.82, 2.24) is 10.2 Å². The summed E-state index contributed by atoms with van der Waals surface area (Å²) in [5.41, 5.74) is 2.09. The molecule has 0 saturated carbocycles. The van der Waals surface area contributed by atoms with Gasteiger partial charge in [0.15, 0.2) is 0 Å². The minimum absolute atomic E-state index is 0.436. The highest BCUT2D eigenvalue weighted by molar-refractivity contribution is 14.1. The molecule has 0 aliphatic carbocycles. The maximum atomic E-state index is 6.27. The van der Waals surface area contributed by atoms with Gasteiger partial charge in [0.05, 0.1) is 10.5 Å². The van der Waals surface area contributed by atoms with E-state index in [-0.39, 0.29) is 0 Å². The van der Waals surface area contributed by atoms with Crippen LogP contribution < -0.4 is 0 Å². The third-order valence-corrected chi connectivity index (χ3v) is 3.78. The van der Waals surface area contributed by atoms with Crippen molar-refractivity contribution in [1.29, 1.82) is 0 Å². The van der Waals surface area contributed by atoms with Crippen molar-refractivity contribution in [2.45, 2.75) is 19.8 Å². The van der Waals surface area contributed by atoms with Gasteiger partial charge in [0.1, 0.15) is 3.70 Å². The topological polar surface area (TPSA) is 25.8 Å². The Labute approximate surface area is 107 Å². The van der Waals surface area contributed by atoms with Gasteiger partial charge in [-0.1, -0.05) is 37.6 Å². The van der Waals surface area contributed by atoms with Crippen LogP contribution in [0.1, 0.15) is 25.3 Å². The van der Waals surface area contributed by atoms with Crippen LogP contribution in [0.25, 0.3) is 10.9 Å². The van der Waals surface area contributed by atoms with E-state index in [0.717, 1.165) is 14.6 Å². The molecule has 0 saturated heterocycles. The summed E-state index contributed by atoms with van der Waals surface area (Å²) < 4.78 is 0.759. The molecule has 1 aromatic heterocycles. The SMILES string of the molecule is CC(C)c1cccc2nnc(I)c(Cl)c12. The summed E-state index contributed by atoms with van der Waals surface area (Å²) in [4.78, 5) is 0. The zero-order chi connectivity index (χ0) is 11.0. The number of halogens is 2. The molecule has 1 heterocycles. The number of fused-ring (bicyclic) bond motifs is 1. The van der Waals surface area contributed by atoms with Crippen molar-refractivity contribution in [3.05, 3.63) is 32.5 Å². The smallest absolute Gasteiger partial charge is 0.143 e. The van der Waals surface area contributed by atoms with E-state index in [1.54, 1.807) is 0 Å². The van der Waals surface area contributed by atoms with E-state index in [2.05, 4.69) is 52.7 Å². The predicted octanol–water partition coefficient (Wildman–Crippen LogP) is 4.01. The summed E-state index contributed by atoms with van der Waals surface area (Å²) in [5, 5.41) is 9.90. The molecule has 0 radical (unpaired) electrons. The molecule has 0 fully saturated rings. The fourth-order valence-electron chi connectivity index (χ4n) is 1.61. The van der Waals surface area contributed by atoms with Crippen molar-refractivity contribution < 1.29 is 0 Å². The van der Waals surface area contributed by atoms with Crippen molar-refractivity contribution in [2.24, 2.45) is 0 Å². The second-order valence-electron chi connectivity index (χ2n) is 3.70. The molecular formula is C11H10ClIN2. The average Bonchev–Trinajstić information content (AvgIpc) is 2.23. The van der Waals surface area contributed by atoms with E-state index < -0.39 is 0 Å². The highest BCUT2D eigenvalue weighted by Crippen LogP contribution is 2.31. The van der Waals surface area contributed by atoms with Crippen LogP contribution in [0.3, 0.4) is 0 Å². The van der Waals surface area contributed by atoms with Crippen molar-refractivity contribution in [3.8, 4) is 0 Å². The lowest BCUT2D eigenvalue weighted by Crippen LogP contribution is -1.95. The molecule has 0 bridgehead atoms. The van der Waals surface area contributed by atoms with Crippen molar-refractivity contribution in [3.63, 3.8) is 0 Å². The van der Waals surface area contributed by atoms with E-state index in [1.807, 2.05) is 12.1 Å². The van der Waals surface area contributed by atoms with Crippen molar-refractivity contribution >= 4 is 45.1 Å². The molecule has 2 aromatic rings. The highest BCUT2D eigenvalue weighted by atomic mass is 127. The second-order valence-corrected chi connectivity index (χ2v) is 5.10. The Hall–Kier alpha value is -0.420. The summed E-state index contributed by atoms with van der Waals surface area (Å²) in [6.45, 7) is 4.30. The second kappa shape index (κ2) is 4.22. The third-order valence-electron chi connectivity index (χ3n) is 2.34. The van der Waals surface area contributed by atoms with Gasteiger partial charge in [-0.3, -0.25) is 0 Å². The van der Waals surface area contributed by atoms with Crippen LogP contribution in [0, 0.1) is 3.70 Å². The van der Waals surface area contributed by atoms with Crippen LogP contribution in [0.5, 0.6) is 0 Å². The first-order chi connectivity index (χ1) is 7.11. The molecule has 0 spiro atoms. The van der Waals surface area contributed by atoms with Gasteiger partial charge in [-0.2, -0.15) is 0 Å². The third kappa shape index (κ3) is 1.95. The van der Waals surface area contributed by atoms with Crippen LogP contribution in [0.4, 0.5) is 0 Å². The van der Waals surface area contributed by atoms with E-state index in [9.17, 15) is 0 Å². The van der Waals surface area contributed by atoms with E-state index in [1.165, 1.54) is 5.56 Å². The van der Waals surface area contributed by atoms with Crippen LogP contribution in [-0.2, 0) is 0 Å². The largest absolute Gasteiger partial charge is 0.149 e. The quantitative estimate of drug-likeness (QED) is 0.737. The van der Waals surface area contributed by atoms with Crippen LogP contribution >= 0.6 is 34.2 Å². The fraction of sp³-hybridized carbons (Fsp3) is 0.273. The lowest BCUT2D eigenvalue weighted by Gasteiger charge is -2.10. The van der Waals surface area contributed by atoms with Gasteiger partial charge in [-0.15, -0.1) is 10.2 Å². The Morgan fingerprint density at radius 2 is 2.00 bits per heavy atom. The first-order valence-electron chi connectivity index (χ1n) is 4.71. The highest BCUT2D eigenvalue weighted by Gasteiger charge is 2.12. The van der Waals surface area contributed by atoms with Crippen molar-refractivity contribution in [2.75, 3.05) is 0 Å². The normalized spacial score (nSPS) is 11.3. The average molecular weight is 333 g/mol. The Morgan fingerprint density at radius 3 is 2.67 bits per heavy atom. The van der Waals surface area contributed by atoms with E-state index >= 15 is 0 Å². The maximum Gasteiger partial charge on any atom is 0.143 e. The summed E-state index contributed by atoms with van der Waals surface area (Å²) in [6.07, 6.45) is 0. The molecular weight excluding hydrogens is 322 g/mol. The minimum Gasteiger partial charge on any atom is -0.149 e. The lowest BCUT2D eigenvalue weighted by molar-refractivity contribution is 0.874. The van der Waals surface area contributed by atoms with Crippen LogP contribution in [0.15, 0.2) is 18.2 Å². The maximum absolute atomic E-state index is 6.27. The van der Waals surface area contributed by atoms with Crippen LogP contribution in [-0.4, -0.2) is 10.2 Å². The number of rotatable bonds is 1. The molecule has 4 heteroatoms. The van der Waals surface area contributed by atoms with Gasteiger partial charge in [0.25, 0.3) is 0 Å². The summed E-state index contributed by atoms with van der Waals surface area (Å²) in [6, 6.07) is 6.03. The molecule has 15 heavy (non-hydrogen) atoms. The molecule has 0 atom stereocenters. The lowest BCUT2D eigenvalue weighted by atomic mass is 9.99. The van der Waals surface area contributed by atoms with E-state index in [0.29, 0.717) is 10.9 Å². The van der Waals surface area contributed by atoms with Crippen LogP contribution in [0.2, 0.25) is 5.02 Å².